The third-order valence-corrected chi connectivity index (χ3v) is 2.34. The van der Waals surface area contributed by atoms with Crippen LogP contribution in [0.3, 0.4) is 0 Å². The normalized spacial score (nSPS) is 11.5. The Hall–Kier alpha value is -0.650. The van der Waals surface area contributed by atoms with Gasteiger partial charge in [0.25, 0.3) is 0 Å². The third-order valence-electron chi connectivity index (χ3n) is 1.88. The lowest BCUT2D eigenvalue weighted by Crippen LogP contribution is -2.33. The molecule has 16 heavy (non-hydrogen) atoms. The van der Waals surface area contributed by atoms with Gasteiger partial charge in [-0.25, -0.2) is 4.39 Å². The largest absolute Gasteiger partial charge is 0.468 e. The summed E-state index contributed by atoms with van der Waals surface area (Å²) in [6.07, 6.45) is 0.253. The van der Waals surface area contributed by atoms with Crippen molar-refractivity contribution in [3.05, 3.63) is 34.1 Å². The maximum atomic E-state index is 13.0. The highest BCUT2D eigenvalue weighted by molar-refractivity contribution is 9.10. The summed E-state index contributed by atoms with van der Waals surface area (Å²) in [4.78, 5) is 11.0. The Morgan fingerprint density at radius 2 is 2.19 bits per heavy atom. The fourth-order valence-electron chi connectivity index (χ4n) is 1.22. The summed E-state index contributed by atoms with van der Waals surface area (Å²) >= 11 is 3.16. The van der Waals surface area contributed by atoms with E-state index in [1.165, 1.54) is 19.2 Å². The van der Waals surface area contributed by atoms with Gasteiger partial charge in [0, 0.05) is 4.47 Å². The SMILES string of the molecule is COC(=O)[C@@H](N)Cc1cc(F)cc(Br)c1.Cl. The average molecular weight is 313 g/mol. The van der Waals surface area contributed by atoms with Gasteiger partial charge in [0.2, 0.25) is 0 Å². The molecule has 0 aromatic heterocycles. The van der Waals surface area contributed by atoms with Gasteiger partial charge >= 0.3 is 5.97 Å². The van der Waals surface area contributed by atoms with Crippen molar-refractivity contribution >= 4 is 34.3 Å². The molecule has 0 radical (unpaired) electrons. The maximum Gasteiger partial charge on any atom is 0.322 e. The Kier molecular flexibility index (Phi) is 6.55. The van der Waals surface area contributed by atoms with Crippen molar-refractivity contribution in [2.24, 2.45) is 5.73 Å². The zero-order valence-electron chi connectivity index (χ0n) is 8.57. The number of carbonyl (C=O) groups excluding carboxylic acids is 1. The van der Waals surface area contributed by atoms with E-state index in [1.807, 2.05) is 0 Å². The van der Waals surface area contributed by atoms with E-state index in [-0.39, 0.29) is 24.6 Å². The quantitative estimate of drug-likeness (QED) is 0.869. The van der Waals surface area contributed by atoms with Crippen LogP contribution in [0.1, 0.15) is 5.56 Å². The summed E-state index contributed by atoms with van der Waals surface area (Å²) < 4.78 is 18.1. The smallest absolute Gasteiger partial charge is 0.322 e. The molecule has 0 aliphatic rings. The van der Waals surface area contributed by atoms with Crippen molar-refractivity contribution in [1.29, 1.82) is 0 Å². The first kappa shape index (κ1) is 15.3. The van der Waals surface area contributed by atoms with Gasteiger partial charge in [0.15, 0.2) is 0 Å². The predicted octanol–water partition coefficient (Wildman–Crippen LogP) is 2.05. The zero-order chi connectivity index (χ0) is 11.4. The first-order valence-electron chi connectivity index (χ1n) is 4.31. The predicted molar refractivity (Wildman–Crippen MR) is 65.0 cm³/mol. The van der Waals surface area contributed by atoms with Gasteiger partial charge in [0.1, 0.15) is 11.9 Å². The van der Waals surface area contributed by atoms with Crippen molar-refractivity contribution in [2.45, 2.75) is 12.5 Å². The third kappa shape index (κ3) is 4.47. The average Bonchev–Trinajstić information content (AvgIpc) is 2.14. The Morgan fingerprint density at radius 1 is 1.56 bits per heavy atom. The second-order valence-corrected chi connectivity index (χ2v) is 4.03. The molecule has 1 rings (SSSR count). The van der Waals surface area contributed by atoms with E-state index in [9.17, 15) is 9.18 Å². The molecular formula is C10H12BrClFNO2. The lowest BCUT2D eigenvalue weighted by molar-refractivity contribution is -0.142. The summed E-state index contributed by atoms with van der Waals surface area (Å²) in [6, 6.07) is 3.63. The number of ether oxygens (including phenoxy) is 1. The van der Waals surface area contributed by atoms with E-state index in [2.05, 4.69) is 20.7 Å². The van der Waals surface area contributed by atoms with Crippen LogP contribution in [0.4, 0.5) is 4.39 Å². The van der Waals surface area contributed by atoms with E-state index in [1.54, 1.807) is 6.07 Å². The van der Waals surface area contributed by atoms with Crippen molar-refractivity contribution in [3.63, 3.8) is 0 Å². The molecule has 1 aromatic carbocycles. The summed E-state index contributed by atoms with van der Waals surface area (Å²) in [5, 5.41) is 0. The van der Waals surface area contributed by atoms with E-state index in [0.29, 0.717) is 10.0 Å². The van der Waals surface area contributed by atoms with Gasteiger partial charge < -0.3 is 10.5 Å². The minimum Gasteiger partial charge on any atom is -0.468 e. The molecule has 1 atom stereocenters. The van der Waals surface area contributed by atoms with E-state index < -0.39 is 12.0 Å². The fourth-order valence-corrected chi connectivity index (χ4v) is 1.73. The summed E-state index contributed by atoms with van der Waals surface area (Å²) in [5.74, 6) is -0.869. The molecule has 2 N–H and O–H groups in total. The molecule has 1 aromatic rings. The lowest BCUT2D eigenvalue weighted by Gasteiger charge is -2.09. The summed E-state index contributed by atoms with van der Waals surface area (Å²) in [6.45, 7) is 0. The molecular weight excluding hydrogens is 300 g/mol. The number of carbonyl (C=O) groups is 1. The topological polar surface area (TPSA) is 52.3 Å². The molecule has 0 amide bonds. The van der Waals surface area contributed by atoms with Crippen LogP contribution in [0.15, 0.2) is 22.7 Å². The van der Waals surface area contributed by atoms with E-state index in [0.717, 1.165) is 0 Å². The molecule has 6 heteroatoms. The summed E-state index contributed by atoms with van der Waals surface area (Å²) in [5.41, 5.74) is 6.20. The van der Waals surface area contributed by atoms with Crippen LogP contribution in [0.2, 0.25) is 0 Å². The fraction of sp³-hybridized carbons (Fsp3) is 0.300. The van der Waals surface area contributed by atoms with Crippen LogP contribution >= 0.6 is 28.3 Å². The number of esters is 1. The Bertz CT molecular complexity index is 356. The number of halogens is 3. The molecule has 0 fully saturated rings. The van der Waals surface area contributed by atoms with Crippen molar-refractivity contribution in [1.82, 2.24) is 0 Å². The molecule has 0 heterocycles. The highest BCUT2D eigenvalue weighted by Gasteiger charge is 2.14. The van der Waals surface area contributed by atoms with Crippen LogP contribution in [0.5, 0.6) is 0 Å². The van der Waals surface area contributed by atoms with Crippen molar-refractivity contribution < 1.29 is 13.9 Å². The number of rotatable bonds is 3. The van der Waals surface area contributed by atoms with Crippen LogP contribution in [0.25, 0.3) is 0 Å². The summed E-state index contributed by atoms with van der Waals surface area (Å²) in [7, 11) is 1.27. The minimum atomic E-state index is -0.760. The molecule has 3 nitrogen and oxygen atoms in total. The van der Waals surface area contributed by atoms with Gasteiger partial charge in [-0.2, -0.15) is 0 Å². The van der Waals surface area contributed by atoms with E-state index >= 15 is 0 Å². The van der Waals surface area contributed by atoms with Gasteiger partial charge in [0.05, 0.1) is 7.11 Å². The standard InChI is InChI=1S/C10H11BrFNO2.ClH/c1-15-10(14)9(13)4-6-2-7(11)5-8(12)3-6;/h2-3,5,9H,4,13H2,1H3;1H/t9-;/m0./s1. The molecule has 0 spiro atoms. The van der Waals surface area contributed by atoms with Gasteiger partial charge in [-0.3, -0.25) is 4.79 Å². The molecule has 0 aliphatic carbocycles. The molecule has 0 saturated carbocycles. The maximum absolute atomic E-state index is 13.0. The number of hydrogen-bond acceptors (Lipinski definition) is 3. The van der Waals surface area contributed by atoms with Gasteiger partial charge in [-0.1, -0.05) is 15.9 Å². The molecule has 0 aliphatic heterocycles. The highest BCUT2D eigenvalue weighted by Crippen LogP contribution is 2.16. The van der Waals surface area contributed by atoms with Crippen molar-refractivity contribution in [3.8, 4) is 0 Å². The van der Waals surface area contributed by atoms with E-state index in [4.69, 9.17) is 5.73 Å². The Labute approximate surface area is 108 Å². The van der Waals surface area contributed by atoms with Gasteiger partial charge in [-0.15, -0.1) is 12.4 Å². The Balaban J connectivity index is 0.00000225. The second kappa shape index (κ2) is 6.83. The second-order valence-electron chi connectivity index (χ2n) is 3.11. The Morgan fingerprint density at radius 3 is 2.69 bits per heavy atom. The lowest BCUT2D eigenvalue weighted by atomic mass is 10.1. The van der Waals surface area contributed by atoms with Crippen molar-refractivity contribution in [2.75, 3.05) is 7.11 Å². The number of hydrogen-bond donors (Lipinski definition) is 1. The number of methoxy groups -OCH3 is 1. The zero-order valence-corrected chi connectivity index (χ0v) is 11.0. The number of benzene rings is 1. The van der Waals surface area contributed by atoms with Gasteiger partial charge in [-0.05, 0) is 30.2 Å². The molecule has 0 unspecified atom stereocenters. The van der Waals surface area contributed by atoms with Crippen LogP contribution in [-0.4, -0.2) is 19.1 Å². The first-order valence-corrected chi connectivity index (χ1v) is 5.10. The monoisotopic (exact) mass is 311 g/mol. The molecule has 90 valence electrons. The van der Waals surface area contributed by atoms with Crippen LogP contribution in [-0.2, 0) is 16.0 Å². The highest BCUT2D eigenvalue weighted by atomic mass is 79.9. The molecule has 0 bridgehead atoms. The minimum absolute atomic E-state index is 0. The number of nitrogens with two attached hydrogens (primary N) is 1. The van der Waals surface area contributed by atoms with Crippen LogP contribution < -0.4 is 5.73 Å². The van der Waals surface area contributed by atoms with Crippen LogP contribution in [0, 0.1) is 5.82 Å². The molecule has 0 saturated heterocycles. The first-order chi connectivity index (χ1) is 7.02.